The van der Waals surface area contributed by atoms with Crippen LogP contribution in [-0.4, -0.2) is 48.6 Å². The van der Waals surface area contributed by atoms with E-state index in [9.17, 15) is 14.4 Å². The number of ether oxygens (including phenoxy) is 3. The van der Waals surface area contributed by atoms with Crippen LogP contribution in [0, 0.1) is 0 Å². The highest BCUT2D eigenvalue weighted by Gasteiger charge is 2.48. The Kier molecular flexibility index (Phi) is 4.62. The first-order valence-corrected chi connectivity index (χ1v) is 9.10. The lowest BCUT2D eigenvalue weighted by Gasteiger charge is -2.22. The fourth-order valence-corrected chi connectivity index (χ4v) is 3.57. The quantitative estimate of drug-likeness (QED) is 0.594. The maximum atomic E-state index is 13.0. The van der Waals surface area contributed by atoms with Gasteiger partial charge in [0.15, 0.2) is 17.3 Å². The van der Waals surface area contributed by atoms with Gasteiger partial charge in [-0.2, -0.15) is 0 Å². The van der Waals surface area contributed by atoms with Gasteiger partial charge in [0, 0.05) is 6.42 Å². The molecule has 1 saturated heterocycles. The van der Waals surface area contributed by atoms with Crippen LogP contribution in [0.25, 0.3) is 0 Å². The van der Waals surface area contributed by atoms with E-state index in [2.05, 4.69) is 5.32 Å². The summed E-state index contributed by atoms with van der Waals surface area (Å²) >= 11 is 0. The van der Waals surface area contributed by atoms with E-state index in [4.69, 9.17) is 14.2 Å². The lowest BCUT2D eigenvalue weighted by molar-refractivity contribution is -0.130. The molecule has 150 valence electrons. The molecule has 2 aromatic rings. The second-order valence-corrected chi connectivity index (χ2v) is 7.14. The molecular weight excluding hydrogens is 376 g/mol. The van der Waals surface area contributed by atoms with Gasteiger partial charge in [-0.05, 0) is 36.8 Å². The predicted molar refractivity (Wildman–Crippen MR) is 102 cm³/mol. The van der Waals surface area contributed by atoms with E-state index in [1.165, 1.54) is 7.11 Å². The largest absolute Gasteiger partial charge is 0.496 e. The smallest absolute Gasteiger partial charge is 0.325 e. The molecule has 0 unspecified atom stereocenters. The number of carbonyl (C=O) groups excluding carboxylic acids is 3. The first-order chi connectivity index (χ1) is 13.9. The molecule has 0 spiro atoms. The normalized spacial score (nSPS) is 20.0. The van der Waals surface area contributed by atoms with Gasteiger partial charge < -0.3 is 19.5 Å². The Bertz CT molecular complexity index is 1000. The molecular formula is C21H20N2O6. The number of nitrogens with zero attached hydrogens (tertiary/aromatic N) is 1. The number of para-hydroxylation sites is 1. The van der Waals surface area contributed by atoms with Crippen molar-refractivity contribution in [2.45, 2.75) is 18.9 Å². The molecule has 8 heteroatoms. The lowest BCUT2D eigenvalue weighted by atomic mass is 9.92. The van der Waals surface area contributed by atoms with Crippen LogP contribution in [0.4, 0.5) is 4.79 Å². The van der Waals surface area contributed by atoms with E-state index in [0.29, 0.717) is 22.8 Å². The highest BCUT2D eigenvalue weighted by molar-refractivity contribution is 6.11. The van der Waals surface area contributed by atoms with Gasteiger partial charge in [-0.15, -0.1) is 0 Å². The van der Waals surface area contributed by atoms with Crippen LogP contribution in [-0.2, 0) is 11.2 Å². The number of fused-ring (bicyclic) bond motifs is 1. The summed E-state index contributed by atoms with van der Waals surface area (Å²) < 4.78 is 15.9. The summed E-state index contributed by atoms with van der Waals surface area (Å²) in [6.07, 6.45) is 0.258. The number of Topliss-reactive ketones (excluding diaryl/α,β-unsaturated/α-hetero) is 1. The summed E-state index contributed by atoms with van der Waals surface area (Å²) in [5, 5.41) is 2.71. The van der Waals surface area contributed by atoms with E-state index in [1.54, 1.807) is 43.3 Å². The number of amides is 3. The van der Waals surface area contributed by atoms with Crippen LogP contribution in [0.2, 0.25) is 0 Å². The van der Waals surface area contributed by atoms with Gasteiger partial charge >= 0.3 is 6.03 Å². The molecule has 2 heterocycles. The second-order valence-electron chi connectivity index (χ2n) is 7.14. The molecule has 0 radical (unpaired) electrons. The lowest BCUT2D eigenvalue weighted by Crippen LogP contribution is -2.46. The van der Waals surface area contributed by atoms with Crippen LogP contribution in [0.1, 0.15) is 22.8 Å². The Morgan fingerprint density at radius 1 is 1.17 bits per heavy atom. The minimum Gasteiger partial charge on any atom is -0.496 e. The Hall–Kier alpha value is -3.55. The zero-order chi connectivity index (χ0) is 20.6. The minimum atomic E-state index is -1.16. The molecule has 0 saturated carbocycles. The van der Waals surface area contributed by atoms with Crippen LogP contribution in [0.3, 0.4) is 0 Å². The first kappa shape index (κ1) is 18.8. The van der Waals surface area contributed by atoms with Gasteiger partial charge in [0.25, 0.3) is 5.91 Å². The number of nitrogens with one attached hydrogen (secondary N) is 1. The molecule has 2 aromatic carbocycles. The van der Waals surface area contributed by atoms with Crippen molar-refractivity contribution in [3.63, 3.8) is 0 Å². The highest BCUT2D eigenvalue weighted by atomic mass is 16.7. The third-order valence-electron chi connectivity index (χ3n) is 5.05. The zero-order valence-corrected chi connectivity index (χ0v) is 16.1. The van der Waals surface area contributed by atoms with Crippen molar-refractivity contribution >= 4 is 17.7 Å². The maximum Gasteiger partial charge on any atom is 0.325 e. The number of methoxy groups -OCH3 is 1. The van der Waals surface area contributed by atoms with E-state index in [1.807, 2.05) is 6.07 Å². The number of hydrogen-bond donors (Lipinski definition) is 1. The maximum absolute atomic E-state index is 13.0. The summed E-state index contributed by atoms with van der Waals surface area (Å²) in [6, 6.07) is 11.5. The number of imide groups is 1. The van der Waals surface area contributed by atoms with Crippen molar-refractivity contribution in [3.05, 3.63) is 53.6 Å². The standard InChI is InChI=1S/C21H20N2O6/c1-21(10-13-7-8-17-18(9-13)29-12-28-17)19(25)23(20(26)22-21)11-15(24)14-5-3-4-6-16(14)27-2/h3-9H,10-12H2,1-2H3,(H,22,26)/t21-/m0/s1. The molecule has 1 fully saturated rings. The van der Waals surface area contributed by atoms with Gasteiger partial charge in [0.1, 0.15) is 11.3 Å². The van der Waals surface area contributed by atoms with Crippen LogP contribution in [0.15, 0.2) is 42.5 Å². The van der Waals surface area contributed by atoms with Gasteiger partial charge in [-0.25, -0.2) is 4.79 Å². The van der Waals surface area contributed by atoms with Crippen molar-refractivity contribution in [2.75, 3.05) is 20.4 Å². The summed E-state index contributed by atoms with van der Waals surface area (Å²) in [7, 11) is 1.46. The van der Waals surface area contributed by atoms with Crippen LogP contribution < -0.4 is 19.5 Å². The minimum absolute atomic E-state index is 0.157. The van der Waals surface area contributed by atoms with E-state index in [-0.39, 0.29) is 25.5 Å². The third kappa shape index (κ3) is 3.37. The molecule has 8 nitrogen and oxygen atoms in total. The topological polar surface area (TPSA) is 94.2 Å². The van der Waals surface area contributed by atoms with Gasteiger partial charge in [-0.3, -0.25) is 14.5 Å². The predicted octanol–water partition coefficient (Wildman–Crippen LogP) is 2.16. The van der Waals surface area contributed by atoms with Crippen molar-refractivity contribution in [1.29, 1.82) is 0 Å². The van der Waals surface area contributed by atoms with Crippen LogP contribution in [0.5, 0.6) is 17.2 Å². The molecule has 0 bridgehead atoms. The molecule has 0 aliphatic carbocycles. The molecule has 0 aromatic heterocycles. The Morgan fingerprint density at radius 3 is 2.72 bits per heavy atom. The van der Waals surface area contributed by atoms with Crippen molar-refractivity contribution in [1.82, 2.24) is 10.2 Å². The summed E-state index contributed by atoms with van der Waals surface area (Å²) in [4.78, 5) is 39.1. The fraction of sp³-hybridized carbons (Fsp3) is 0.286. The van der Waals surface area contributed by atoms with E-state index in [0.717, 1.165) is 10.5 Å². The van der Waals surface area contributed by atoms with Gasteiger partial charge in [0.05, 0.1) is 19.2 Å². The van der Waals surface area contributed by atoms with Gasteiger partial charge in [-0.1, -0.05) is 18.2 Å². The number of carbonyl (C=O) groups is 3. The fourth-order valence-electron chi connectivity index (χ4n) is 3.57. The molecule has 2 aliphatic rings. The van der Waals surface area contributed by atoms with Gasteiger partial charge in [0.2, 0.25) is 6.79 Å². The summed E-state index contributed by atoms with van der Waals surface area (Å²) in [5.41, 5.74) is -0.0328. The van der Waals surface area contributed by atoms with Crippen molar-refractivity contribution < 1.29 is 28.6 Å². The molecule has 29 heavy (non-hydrogen) atoms. The van der Waals surface area contributed by atoms with Crippen molar-refractivity contribution in [2.24, 2.45) is 0 Å². The zero-order valence-electron chi connectivity index (χ0n) is 16.1. The Balaban J connectivity index is 1.51. The SMILES string of the molecule is COc1ccccc1C(=O)CN1C(=O)N[C@@](C)(Cc2ccc3c(c2)OCO3)C1=O. The molecule has 3 amide bonds. The molecule has 1 atom stereocenters. The molecule has 1 N–H and O–H groups in total. The number of hydrogen-bond acceptors (Lipinski definition) is 6. The summed E-state index contributed by atoms with van der Waals surface area (Å²) in [6.45, 7) is 1.44. The average Bonchev–Trinajstić information content (AvgIpc) is 3.25. The number of urea groups is 1. The second kappa shape index (κ2) is 7.12. The molecule has 4 rings (SSSR count). The Morgan fingerprint density at radius 2 is 1.93 bits per heavy atom. The highest BCUT2D eigenvalue weighted by Crippen LogP contribution is 2.34. The van der Waals surface area contributed by atoms with E-state index >= 15 is 0 Å². The number of benzene rings is 2. The van der Waals surface area contributed by atoms with E-state index < -0.39 is 17.5 Å². The number of ketones is 1. The van der Waals surface area contributed by atoms with Crippen LogP contribution >= 0.6 is 0 Å². The monoisotopic (exact) mass is 396 g/mol. The Labute approximate surface area is 167 Å². The molecule has 2 aliphatic heterocycles. The first-order valence-electron chi connectivity index (χ1n) is 9.10. The average molecular weight is 396 g/mol. The summed E-state index contributed by atoms with van der Waals surface area (Å²) in [5.74, 6) is 0.810. The number of rotatable bonds is 6. The third-order valence-corrected chi connectivity index (χ3v) is 5.05. The van der Waals surface area contributed by atoms with Crippen molar-refractivity contribution in [3.8, 4) is 17.2 Å².